The lowest BCUT2D eigenvalue weighted by Crippen LogP contribution is -2.42. The molecule has 0 bridgehead atoms. The van der Waals surface area contributed by atoms with Crippen LogP contribution in [0.25, 0.3) is 0 Å². The Labute approximate surface area is 183 Å². The molecule has 0 unspecified atom stereocenters. The standard InChI is InChI=1S/C24H42N4O2/c1-16(2)18(5)28(22(29)14-24(6,7)8)15-19-13-20(11-12-21(19)27(9)10)26-23(30)25-17(3)4/h11-13,16-18H,14-15H2,1-10H3,(H2,25,26,30)/t18-/m0/s1. The van der Waals surface area contributed by atoms with Crippen LogP contribution in [0, 0.1) is 11.3 Å². The molecule has 1 aromatic rings. The van der Waals surface area contributed by atoms with Gasteiger partial charge in [0.2, 0.25) is 5.91 Å². The van der Waals surface area contributed by atoms with Crippen molar-refractivity contribution < 1.29 is 9.59 Å². The first-order chi connectivity index (χ1) is 13.7. The molecule has 6 nitrogen and oxygen atoms in total. The van der Waals surface area contributed by atoms with Crippen molar-refractivity contribution in [1.82, 2.24) is 10.2 Å². The minimum Gasteiger partial charge on any atom is -0.377 e. The molecular formula is C24H42N4O2. The summed E-state index contributed by atoms with van der Waals surface area (Å²) >= 11 is 0. The van der Waals surface area contributed by atoms with E-state index in [9.17, 15) is 9.59 Å². The molecule has 3 amide bonds. The summed E-state index contributed by atoms with van der Waals surface area (Å²) in [5.41, 5.74) is 2.69. The summed E-state index contributed by atoms with van der Waals surface area (Å²) < 4.78 is 0. The Kier molecular flexibility index (Phi) is 9.19. The number of rotatable bonds is 8. The predicted molar refractivity (Wildman–Crippen MR) is 127 cm³/mol. The number of benzene rings is 1. The average molecular weight is 419 g/mol. The summed E-state index contributed by atoms with van der Waals surface area (Å²) in [6, 6.07) is 5.79. The Morgan fingerprint density at radius 2 is 1.63 bits per heavy atom. The maximum absolute atomic E-state index is 13.2. The van der Waals surface area contributed by atoms with Crippen LogP contribution >= 0.6 is 0 Å². The van der Waals surface area contributed by atoms with Crippen molar-refractivity contribution in [3.63, 3.8) is 0 Å². The molecule has 0 aliphatic rings. The van der Waals surface area contributed by atoms with Crippen molar-refractivity contribution in [2.75, 3.05) is 24.3 Å². The number of amides is 3. The highest BCUT2D eigenvalue weighted by Crippen LogP contribution is 2.28. The van der Waals surface area contributed by atoms with Crippen LogP contribution in [0.2, 0.25) is 0 Å². The van der Waals surface area contributed by atoms with Crippen molar-refractivity contribution >= 4 is 23.3 Å². The van der Waals surface area contributed by atoms with E-state index in [2.05, 4.69) is 52.2 Å². The molecule has 0 radical (unpaired) electrons. The molecule has 0 fully saturated rings. The van der Waals surface area contributed by atoms with Crippen LogP contribution < -0.4 is 15.5 Å². The van der Waals surface area contributed by atoms with Gasteiger partial charge in [0.15, 0.2) is 0 Å². The second-order valence-electron chi connectivity index (χ2n) is 10.2. The maximum atomic E-state index is 13.2. The molecule has 0 saturated heterocycles. The van der Waals surface area contributed by atoms with Crippen molar-refractivity contribution in [3.8, 4) is 0 Å². The molecule has 0 saturated carbocycles. The Morgan fingerprint density at radius 1 is 1.03 bits per heavy atom. The third-order valence-electron chi connectivity index (χ3n) is 5.04. The minimum atomic E-state index is -0.232. The quantitative estimate of drug-likeness (QED) is 0.618. The van der Waals surface area contributed by atoms with Crippen LogP contribution in [0.3, 0.4) is 0 Å². The van der Waals surface area contributed by atoms with Gasteiger partial charge in [-0.25, -0.2) is 4.79 Å². The van der Waals surface area contributed by atoms with E-state index >= 15 is 0 Å². The van der Waals surface area contributed by atoms with Gasteiger partial charge in [-0.05, 0) is 55.9 Å². The Morgan fingerprint density at radius 3 is 2.10 bits per heavy atom. The van der Waals surface area contributed by atoms with Gasteiger partial charge < -0.3 is 20.4 Å². The summed E-state index contributed by atoms with van der Waals surface area (Å²) in [4.78, 5) is 29.4. The molecule has 0 heterocycles. The highest BCUT2D eigenvalue weighted by atomic mass is 16.2. The van der Waals surface area contributed by atoms with Gasteiger partial charge in [0.25, 0.3) is 0 Å². The largest absolute Gasteiger partial charge is 0.377 e. The van der Waals surface area contributed by atoms with Crippen LogP contribution in [0.5, 0.6) is 0 Å². The van der Waals surface area contributed by atoms with Crippen LogP contribution in [0.4, 0.5) is 16.2 Å². The van der Waals surface area contributed by atoms with Crippen molar-refractivity contribution in [2.24, 2.45) is 11.3 Å². The normalized spacial score (nSPS) is 12.7. The van der Waals surface area contributed by atoms with Crippen molar-refractivity contribution in [2.45, 2.75) is 80.4 Å². The lowest BCUT2D eigenvalue weighted by molar-refractivity contribution is -0.136. The van der Waals surface area contributed by atoms with E-state index in [4.69, 9.17) is 0 Å². The number of carbonyl (C=O) groups is 2. The van der Waals surface area contributed by atoms with Gasteiger partial charge in [0, 0.05) is 50.5 Å². The van der Waals surface area contributed by atoms with E-state index in [0.29, 0.717) is 24.6 Å². The van der Waals surface area contributed by atoms with E-state index in [1.165, 1.54) is 0 Å². The fraction of sp³-hybridized carbons (Fsp3) is 0.667. The van der Waals surface area contributed by atoms with Gasteiger partial charge in [-0.2, -0.15) is 0 Å². The van der Waals surface area contributed by atoms with E-state index in [-0.39, 0.29) is 29.4 Å². The molecule has 1 atom stereocenters. The van der Waals surface area contributed by atoms with E-state index in [1.54, 1.807) is 0 Å². The Hall–Kier alpha value is -2.24. The molecule has 170 valence electrons. The molecule has 0 aliphatic heterocycles. The Balaban J connectivity index is 3.26. The molecular weight excluding hydrogens is 376 g/mol. The topological polar surface area (TPSA) is 64.7 Å². The number of anilines is 2. The number of hydrogen-bond donors (Lipinski definition) is 2. The zero-order chi connectivity index (χ0) is 23.2. The van der Waals surface area contributed by atoms with Gasteiger partial charge in [-0.15, -0.1) is 0 Å². The van der Waals surface area contributed by atoms with Crippen LogP contribution in [-0.2, 0) is 11.3 Å². The number of urea groups is 1. The van der Waals surface area contributed by atoms with Gasteiger partial charge in [-0.3, -0.25) is 4.79 Å². The number of nitrogens with zero attached hydrogens (tertiary/aromatic N) is 2. The molecule has 0 aromatic heterocycles. The average Bonchev–Trinajstić information content (AvgIpc) is 2.56. The SMILES string of the molecule is CC(C)NC(=O)Nc1ccc(N(C)C)c(CN(C(=O)CC(C)(C)C)[C@@H](C)C(C)C)c1. The lowest BCUT2D eigenvalue weighted by Gasteiger charge is -2.35. The van der Waals surface area contributed by atoms with E-state index in [1.807, 2.05) is 55.9 Å². The smallest absolute Gasteiger partial charge is 0.319 e. The van der Waals surface area contributed by atoms with E-state index in [0.717, 1.165) is 11.3 Å². The molecule has 1 rings (SSSR count). The molecule has 0 spiro atoms. The fourth-order valence-corrected chi connectivity index (χ4v) is 3.21. The van der Waals surface area contributed by atoms with Gasteiger partial charge in [0.1, 0.15) is 0 Å². The second-order valence-corrected chi connectivity index (χ2v) is 10.2. The fourth-order valence-electron chi connectivity index (χ4n) is 3.21. The highest BCUT2D eigenvalue weighted by molar-refractivity contribution is 5.90. The summed E-state index contributed by atoms with van der Waals surface area (Å²) in [5.74, 6) is 0.499. The summed E-state index contributed by atoms with van der Waals surface area (Å²) in [6.45, 7) is 17.0. The van der Waals surface area contributed by atoms with E-state index < -0.39 is 0 Å². The first-order valence-corrected chi connectivity index (χ1v) is 10.9. The number of hydrogen-bond acceptors (Lipinski definition) is 3. The molecule has 6 heteroatoms. The zero-order valence-electron chi connectivity index (χ0n) is 20.6. The summed E-state index contributed by atoms with van der Waals surface area (Å²) in [5, 5.41) is 5.74. The van der Waals surface area contributed by atoms with Gasteiger partial charge >= 0.3 is 6.03 Å². The van der Waals surface area contributed by atoms with Crippen molar-refractivity contribution in [1.29, 1.82) is 0 Å². The minimum absolute atomic E-state index is 0.0583. The Bertz CT molecular complexity index is 720. The van der Waals surface area contributed by atoms with Crippen LogP contribution in [-0.4, -0.2) is 43.0 Å². The monoisotopic (exact) mass is 418 g/mol. The molecule has 1 aromatic carbocycles. The van der Waals surface area contributed by atoms with Crippen molar-refractivity contribution in [3.05, 3.63) is 23.8 Å². The molecule has 30 heavy (non-hydrogen) atoms. The highest BCUT2D eigenvalue weighted by Gasteiger charge is 2.27. The third kappa shape index (κ3) is 8.25. The summed E-state index contributed by atoms with van der Waals surface area (Å²) in [7, 11) is 3.98. The lowest BCUT2D eigenvalue weighted by atomic mass is 9.90. The first kappa shape index (κ1) is 25.8. The maximum Gasteiger partial charge on any atom is 0.319 e. The van der Waals surface area contributed by atoms with Crippen LogP contribution in [0.1, 0.15) is 67.4 Å². The summed E-state index contributed by atoms with van der Waals surface area (Å²) in [6.07, 6.45) is 0.496. The number of carbonyl (C=O) groups excluding carboxylic acids is 2. The molecule has 0 aliphatic carbocycles. The zero-order valence-corrected chi connectivity index (χ0v) is 20.6. The second kappa shape index (κ2) is 10.7. The molecule has 2 N–H and O–H groups in total. The van der Waals surface area contributed by atoms with Gasteiger partial charge in [-0.1, -0.05) is 34.6 Å². The third-order valence-corrected chi connectivity index (χ3v) is 5.04. The number of nitrogens with one attached hydrogen (secondary N) is 2. The van der Waals surface area contributed by atoms with Gasteiger partial charge in [0.05, 0.1) is 0 Å². The predicted octanol–water partition coefficient (Wildman–Crippen LogP) is 5.09. The van der Waals surface area contributed by atoms with Crippen LogP contribution in [0.15, 0.2) is 18.2 Å². The first-order valence-electron chi connectivity index (χ1n) is 10.9.